The van der Waals surface area contributed by atoms with Gasteiger partial charge in [-0.3, -0.25) is 0 Å². The molecule has 2 aromatic heterocycles. The van der Waals surface area contributed by atoms with E-state index in [-0.39, 0.29) is 10.9 Å². The first-order valence-corrected chi connectivity index (χ1v) is 9.64. The third-order valence-electron chi connectivity index (χ3n) is 5.02. The number of rotatable bonds is 5. The summed E-state index contributed by atoms with van der Waals surface area (Å²) in [6.45, 7) is 1.34. The Morgan fingerprint density at radius 2 is 1.77 bits per heavy atom. The average Bonchev–Trinajstić information content (AvgIpc) is 3.20. The highest BCUT2D eigenvalue weighted by molar-refractivity contribution is 7.27. The van der Waals surface area contributed by atoms with Crippen LogP contribution in [-0.2, 0) is 18.1 Å². The predicted octanol–water partition coefficient (Wildman–Crippen LogP) is 3.45. The van der Waals surface area contributed by atoms with Crippen molar-refractivity contribution in [3.8, 4) is 0 Å². The molecular weight excluding hydrogens is 412 g/mol. The molecule has 154 valence electrons. The van der Waals surface area contributed by atoms with E-state index in [1.165, 1.54) is 23.3 Å². The van der Waals surface area contributed by atoms with Gasteiger partial charge >= 0.3 is 5.92 Å². The van der Waals surface area contributed by atoms with E-state index >= 15 is 8.78 Å². The lowest BCUT2D eigenvalue weighted by Crippen LogP contribution is -2.49. The zero-order valence-electron chi connectivity index (χ0n) is 15.9. The van der Waals surface area contributed by atoms with Gasteiger partial charge in [-0.25, -0.2) is 9.37 Å². The lowest BCUT2D eigenvalue weighted by atomic mass is 9.84. The van der Waals surface area contributed by atoms with Crippen LogP contribution in [0.25, 0.3) is 10.9 Å². The van der Waals surface area contributed by atoms with Crippen molar-refractivity contribution in [2.45, 2.75) is 25.0 Å². The number of hydrogen-bond acceptors (Lipinski definition) is 4. The highest BCUT2D eigenvalue weighted by atomic mass is 31.0. The predicted molar refractivity (Wildman–Crippen MR) is 110 cm³/mol. The second kappa shape index (κ2) is 7.45. The third kappa shape index (κ3) is 3.46. The first-order valence-electron chi connectivity index (χ1n) is 9.07. The molecule has 0 aliphatic rings. The smallest absolute Gasteiger partial charge is 0.323 e. The summed E-state index contributed by atoms with van der Waals surface area (Å²) in [7, 11) is 2.20. The highest BCUT2D eigenvalue weighted by Crippen LogP contribution is 2.46. The first-order chi connectivity index (χ1) is 14.2. The second-order valence-corrected chi connectivity index (χ2v) is 7.82. The van der Waals surface area contributed by atoms with Crippen molar-refractivity contribution >= 4 is 25.4 Å². The molecule has 0 saturated heterocycles. The molecule has 1 N–H and O–H groups in total. The Balaban J connectivity index is 1.89. The summed E-state index contributed by atoms with van der Waals surface area (Å²) in [6, 6.07) is 11.3. The molecule has 2 unspecified atom stereocenters. The van der Waals surface area contributed by atoms with Gasteiger partial charge < -0.3 is 9.67 Å². The number of pyridine rings is 1. The monoisotopic (exact) mass is 430 g/mol. The minimum Gasteiger partial charge on any atom is -0.377 e. The largest absolute Gasteiger partial charge is 0.377 e. The van der Waals surface area contributed by atoms with Crippen LogP contribution in [0.1, 0.15) is 16.8 Å². The first kappa shape index (κ1) is 20.4. The molecule has 5 nitrogen and oxygen atoms in total. The molecule has 2 heterocycles. The summed E-state index contributed by atoms with van der Waals surface area (Å²) in [5, 5.41) is 19.5. The Morgan fingerprint density at radius 3 is 2.47 bits per heavy atom. The van der Waals surface area contributed by atoms with Crippen LogP contribution < -0.4 is 5.30 Å². The molecule has 4 aromatic rings. The number of alkyl halides is 2. The van der Waals surface area contributed by atoms with E-state index < -0.39 is 29.6 Å². The molecule has 0 aliphatic carbocycles. The van der Waals surface area contributed by atoms with Gasteiger partial charge in [0.25, 0.3) is 0 Å². The van der Waals surface area contributed by atoms with Crippen molar-refractivity contribution < 1.29 is 18.3 Å². The number of aromatic nitrogens is 4. The number of aliphatic hydroxyl groups is 1. The Morgan fingerprint density at radius 1 is 1.03 bits per heavy atom. The molecule has 9 heteroatoms. The topological polar surface area (TPSA) is 63.8 Å². The number of fused-ring (bicyclic) bond motifs is 1. The second-order valence-electron chi connectivity index (χ2n) is 7.19. The molecule has 4 rings (SSSR count). The van der Waals surface area contributed by atoms with Gasteiger partial charge in [-0.1, -0.05) is 23.8 Å². The number of aryl methyl sites for hydroxylation is 1. The van der Waals surface area contributed by atoms with E-state index in [2.05, 4.69) is 24.4 Å². The summed E-state index contributed by atoms with van der Waals surface area (Å²) in [6.07, 6.45) is 2.45. The fourth-order valence-electron chi connectivity index (χ4n) is 3.46. The summed E-state index contributed by atoms with van der Waals surface area (Å²) >= 11 is 0. The SMILES string of the molecule is Cc1ccc2nc(C(F)(F)C(O)(Cn3cnnc3)c3ccc(F)cc3P)ccc2c1. The lowest BCUT2D eigenvalue weighted by molar-refractivity contribution is -0.204. The molecular formula is C21H18F3N4OP. The van der Waals surface area contributed by atoms with Gasteiger partial charge in [-0.15, -0.1) is 19.4 Å². The van der Waals surface area contributed by atoms with Crippen molar-refractivity contribution in [3.05, 3.63) is 83.8 Å². The Bertz CT molecular complexity index is 1220. The molecule has 0 aliphatic heterocycles. The maximum atomic E-state index is 15.9. The minimum absolute atomic E-state index is 0.113. The van der Waals surface area contributed by atoms with Gasteiger partial charge in [0, 0.05) is 5.39 Å². The lowest BCUT2D eigenvalue weighted by Gasteiger charge is -2.37. The number of hydrogen-bond donors (Lipinski definition) is 1. The quantitative estimate of drug-likeness (QED) is 0.493. The van der Waals surface area contributed by atoms with Gasteiger partial charge in [0.1, 0.15) is 24.2 Å². The van der Waals surface area contributed by atoms with Crippen LogP contribution >= 0.6 is 9.24 Å². The van der Waals surface area contributed by atoms with Gasteiger partial charge in [0.15, 0.2) is 5.60 Å². The molecule has 30 heavy (non-hydrogen) atoms. The van der Waals surface area contributed by atoms with Crippen LogP contribution in [-0.4, -0.2) is 24.9 Å². The fraction of sp³-hybridized carbons (Fsp3) is 0.190. The molecule has 0 amide bonds. The van der Waals surface area contributed by atoms with Crippen molar-refractivity contribution in [1.29, 1.82) is 0 Å². The minimum atomic E-state index is -3.82. The van der Waals surface area contributed by atoms with Crippen LogP contribution in [0.5, 0.6) is 0 Å². The van der Waals surface area contributed by atoms with Gasteiger partial charge in [0.05, 0.1) is 12.1 Å². The molecule has 0 saturated carbocycles. The van der Waals surface area contributed by atoms with Crippen LogP contribution in [0.4, 0.5) is 13.2 Å². The van der Waals surface area contributed by atoms with E-state index in [0.29, 0.717) is 10.9 Å². The molecule has 0 spiro atoms. The summed E-state index contributed by atoms with van der Waals surface area (Å²) in [5.74, 6) is -4.42. The van der Waals surface area contributed by atoms with E-state index in [4.69, 9.17) is 0 Å². The molecule has 0 bridgehead atoms. The number of halogens is 3. The zero-order chi connectivity index (χ0) is 21.5. The molecule has 2 aromatic carbocycles. The summed E-state index contributed by atoms with van der Waals surface area (Å²) in [5.41, 5.74) is -2.12. The van der Waals surface area contributed by atoms with E-state index in [9.17, 15) is 9.50 Å². The summed E-state index contributed by atoms with van der Waals surface area (Å²) < 4.78 is 46.7. The van der Waals surface area contributed by atoms with Gasteiger partial charge in [-0.2, -0.15) is 8.78 Å². The molecule has 0 fully saturated rings. The maximum absolute atomic E-state index is 15.9. The number of benzene rings is 2. The summed E-state index contributed by atoms with van der Waals surface area (Å²) in [4.78, 5) is 4.12. The zero-order valence-corrected chi connectivity index (χ0v) is 17.1. The average molecular weight is 430 g/mol. The Hall–Kier alpha value is -2.83. The standard InChI is InChI=1S/C21H18F3N4OP/c1-13-2-6-17-14(8-13)3-7-19(27-17)21(23,24)20(29,10-28-11-25-26-12-28)16-5-4-15(22)9-18(16)30/h2-9,11-12,29H,10,30H2,1H3. The fourth-order valence-corrected chi connectivity index (χ4v) is 3.96. The van der Waals surface area contributed by atoms with E-state index in [0.717, 1.165) is 23.8 Å². The Kier molecular flexibility index (Phi) is 5.08. The van der Waals surface area contributed by atoms with Crippen LogP contribution in [0, 0.1) is 12.7 Å². The van der Waals surface area contributed by atoms with Crippen molar-refractivity contribution in [2.75, 3.05) is 0 Å². The van der Waals surface area contributed by atoms with E-state index in [1.54, 1.807) is 18.2 Å². The highest BCUT2D eigenvalue weighted by Gasteiger charge is 2.57. The van der Waals surface area contributed by atoms with Gasteiger partial charge in [-0.05, 0) is 48.1 Å². The Labute approximate surface area is 172 Å². The number of nitrogens with zero attached hydrogens (tertiary/aromatic N) is 4. The van der Waals surface area contributed by atoms with Crippen LogP contribution in [0.2, 0.25) is 0 Å². The van der Waals surface area contributed by atoms with E-state index in [1.807, 2.05) is 13.0 Å². The molecule has 2 atom stereocenters. The van der Waals surface area contributed by atoms with Crippen molar-refractivity contribution in [3.63, 3.8) is 0 Å². The van der Waals surface area contributed by atoms with Crippen molar-refractivity contribution in [2.24, 2.45) is 0 Å². The maximum Gasteiger partial charge on any atom is 0.323 e. The normalized spacial score (nSPS) is 14.1. The molecule has 0 radical (unpaired) electrons. The third-order valence-corrected chi connectivity index (χ3v) is 5.50. The van der Waals surface area contributed by atoms with Gasteiger partial charge in [0.2, 0.25) is 0 Å². The van der Waals surface area contributed by atoms with Crippen LogP contribution in [0.15, 0.2) is 61.2 Å². The van der Waals surface area contributed by atoms with Crippen molar-refractivity contribution in [1.82, 2.24) is 19.7 Å². The van der Waals surface area contributed by atoms with Crippen LogP contribution in [0.3, 0.4) is 0 Å².